The van der Waals surface area contributed by atoms with Gasteiger partial charge in [-0.3, -0.25) is 14.9 Å². The van der Waals surface area contributed by atoms with Crippen molar-refractivity contribution in [2.24, 2.45) is 0 Å². The molecule has 173 valence electrons. The van der Waals surface area contributed by atoms with E-state index in [1.807, 2.05) is 42.7 Å². The van der Waals surface area contributed by atoms with Crippen LogP contribution in [0.4, 0.5) is 0 Å². The number of nitrogens with zero attached hydrogens (tertiary/aromatic N) is 3. The minimum absolute atomic E-state index is 0. The van der Waals surface area contributed by atoms with Crippen LogP contribution in [0.5, 0.6) is 0 Å². The molecule has 0 aliphatic rings. The predicted octanol–water partition coefficient (Wildman–Crippen LogP) is 0.267. The normalized spacial score (nSPS) is 8.97. The molecule has 0 atom stereocenters. The van der Waals surface area contributed by atoms with Gasteiger partial charge < -0.3 is 25.3 Å². The molecule has 3 N–H and O–H groups in total. The summed E-state index contributed by atoms with van der Waals surface area (Å²) < 4.78 is 0. The number of carboxylic acid groups (broad SMARTS) is 2. The maximum Gasteiger partial charge on any atom is 3.00 e. The number of carbonyl (C=O) groups excluding carboxylic acids is 2. The molecule has 2 aromatic heterocycles. The third-order valence-electron chi connectivity index (χ3n) is 3.47. The smallest absolute Gasteiger partial charge is 0.550 e. The number of pyridine rings is 2. The molecule has 2 heterocycles. The Morgan fingerprint density at radius 1 is 0.719 bits per heavy atom. The van der Waals surface area contributed by atoms with Gasteiger partial charge in [-0.05, 0) is 43.7 Å². The zero-order chi connectivity index (χ0) is 22.2. The van der Waals surface area contributed by atoms with Crippen LogP contribution in [0, 0.1) is 0 Å². The Morgan fingerprint density at radius 2 is 1.09 bits per heavy atom. The minimum Gasteiger partial charge on any atom is -0.550 e. The molecule has 0 aliphatic carbocycles. The van der Waals surface area contributed by atoms with E-state index in [0.717, 1.165) is 44.9 Å². The van der Waals surface area contributed by atoms with Crippen LogP contribution in [0.15, 0.2) is 79.1 Å². The van der Waals surface area contributed by atoms with E-state index in [1.165, 1.54) is 5.56 Å². The molecule has 0 saturated heterocycles. The number of rotatable bonds is 6. The fourth-order valence-electron chi connectivity index (χ4n) is 2.45. The number of carbonyl (C=O) groups is 2. The summed E-state index contributed by atoms with van der Waals surface area (Å²) in [5.41, 5.74) is 3.46. The second-order valence-corrected chi connectivity index (χ2v) is 6.26. The molecule has 0 bridgehead atoms. The van der Waals surface area contributed by atoms with Gasteiger partial charge in [0.25, 0.3) is 0 Å². The number of aliphatic carboxylic acids is 2. The molecule has 8 nitrogen and oxygen atoms in total. The first-order chi connectivity index (χ1) is 14.4. The number of hydrogen-bond donors (Lipinski definition) is 0. The van der Waals surface area contributed by atoms with Crippen LogP contribution in [-0.2, 0) is 51.2 Å². The van der Waals surface area contributed by atoms with Crippen molar-refractivity contribution in [1.29, 1.82) is 0 Å². The fourth-order valence-corrected chi connectivity index (χ4v) is 2.45. The Bertz CT molecular complexity index is 750. The zero-order valence-corrected chi connectivity index (χ0v) is 19.0. The van der Waals surface area contributed by atoms with E-state index in [2.05, 4.69) is 51.3 Å². The summed E-state index contributed by atoms with van der Waals surface area (Å²) in [5.74, 6) is -2.17. The van der Waals surface area contributed by atoms with Gasteiger partial charge in [0, 0.05) is 44.0 Å². The Kier molecular flexibility index (Phi) is 18.1. The van der Waals surface area contributed by atoms with Crippen molar-refractivity contribution >= 4 is 11.9 Å². The largest absolute Gasteiger partial charge is 3.00 e. The molecule has 3 rings (SSSR count). The van der Waals surface area contributed by atoms with E-state index in [9.17, 15) is 0 Å². The first-order valence-electron chi connectivity index (χ1n) is 9.28. The minimum atomic E-state index is -1.08. The third-order valence-corrected chi connectivity index (χ3v) is 3.47. The van der Waals surface area contributed by atoms with Crippen LogP contribution >= 0.6 is 0 Å². The SMILES string of the molecule is CC(=O)[O-].CC(=O)[O-].[Ni+3].[OH3+].c1ccc(CN(Cc2ccccn2)Cc2ccccn2)cc1. The van der Waals surface area contributed by atoms with Crippen molar-refractivity contribution in [1.82, 2.24) is 14.9 Å². The summed E-state index contributed by atoms with van der Waals surface area (Å²) in [6.07, 6.45) is 3.69. The second kappa shape index (κ2) is 18.6. The van der Waals surface area contributed by atoms with Gasteiger partial charge >= 0.3 is 16.5 Å². The van der Waals surface area contributed by atoms with Crippen molar-refractivity contribution in [2.75, 3.05) is 0 Å². The second-order valence-electron chi connectivity index (χ2n) is 6.26. The molecule has 3 aromatic rings. The summed E-state index contributed by atoms with van der Waals surface area (Å²) in [6, 6.07) is 22.6. The molecular formula is C23H28N3NiO5+2. The molecule has 0 unspecified atom stereocenters. The van der Waals surface area contributed by atoms with Crippen molar-refractivity contribution in [2.45, 2.75) is 33.5 Å². The number of benzene rings is 1. The molecule has 0 spiro atoms. The zero-order valence-electron chi connectivity index (χ0n) is 18.0. The maximum absolute atomic E-state index is 8.89. The van der Waals surface area contributed by atoms with Gasteiger partial charge in [0.2, 0.25) is 0 Å². The molecule has 1 radical (unpaired) electrons. The predicted molar refractivity (Wildman–Crippen MR) is 114 cm³/mol. The van der Waals surface area contributed by atoms with Crippen molar-refractivity contribution in [3.63, 3.8) is 0 Å². The number of aromatic nitrogens is 2. The van der Waals surface area contributed by atoms with Gasteiger partial charge in [0.1, 0.15) is 0 Å². The van der Waals surface area contributed by atoms with Crippen LogP contribution in [-0.4, -0.2) is 26.8 Å². The molecule has 9 heteroatoms. The average Bonchev–Trinajstić information content (AvgIpc) is 2.69. The Labute approximate surface area is 198 Å². The first kappa shape index (κ1) is 31.1. The topological polar surface area (TPSA) is 142 Å². The summed E-state index contributed by atoms with van der Waals surface area (Å²) >= 11 is 0. The van der Waals surface area contributed by atoms with Crippen molar-refractivity contribution in [3.8, 4) is 0 Å². The van der Waals surface area contributed by atoms with Gasteiger partial charge in [-0.15, -0.1) is 0 Å². The van der Waals surface area contributed by atoms with E-state index < -0.39 is 11.9 Å². The van der Waals surface area contributed by atoms with Gasteiger partial charge in [-0.1, -0.05) is 42.5 Å². The summed E-state index contributed by atoms with van der Waals surface area (Å²) in [7, 11) is 0. The van der Waals surface area contributed by atoms with Crippen LogP contribution in [0.1, 0.15) is 30.8 Å². The maximum atomic E-state index is 8.89. The van der Waals surface area contributed by atoms with Crippen LogP contribution < -0.4 is 10.2 Å². The summed E-state index contributed by atoms with van der Waals surface area (Å²) in [5, 5.41) is 17.8. The van der Waals surface area contributed by atoms with Crippen molar-refractivity contribution < 1.29 is 41.8 Å². The van der Waals surface area contributed by atoms with Crippen LogP contribution in [0.25, 0.3) is 0 Å². The van der Waals surface area contributed by atoms with E-state index in [0.29, 0.717) is 0 Å². The van der Waals surface area contributed by atoms with E-state index >= 15 is 0 Å². The van der Waals surface area contributed by atoms with Gasteiger partial charge in [0.15, 0.2) is 0 Å². The fraction of sp³-hybridized carbons (Fsp3) is 0.217. The summed E-state index contributed by atoms with van der Waals surface area (Å²) in [6.45, 7) is 4.45. The first-order valence-corrected chi connectivity index (χ1v) is 9.28. The molecule has 0 aliphatic heterocycles. The number of hydrogen-bond acceptors (Lipinski definition) is 7. The Hall–Kier alpha value is -3.13. The molecule has 0 saturated carbocycles. The Balaban J connectivity index is 0. The molecule has 0 fully saturated rings. The van der Waals surface area contributed by atoms with E-state index in [-0.39, 0.29) is 22.0 Å². The standard InChI is InChI=1S/C19H19N3.2C2H4O2.Ni.H2O/c1-2-8-17(9-3-1)14-22(15-18-10-4-6-12-20-18)16-19-11-5-7-13-21-19;2*1-2(3)4;;/h1-13H,14-16H2;2*1H3,(H,3,4);;1H2/q;;;+3;/p-1. The summed E-state index contributed by atoms with van der Waals surface area (Å²) in [4.78, 5) is 29.0. The van der Waals surface area contributed by atoms with Crippen molar-refractivity contribution in [3.05, 3.63) is 96.1 Å². The van der Waals surface area contributed by atoms with Gasteiger partial charge in [-0.25, -0.2) is 0 Å². The van der Waals surface area contributed by atoms with Crippen LogP contribution in [0.3, 0.4) is 0 Å². The van der Waals surface area contributed by atoms with E-state index in [4.69, 9.17) is 19.8 Å². The monoisotopic (exact) mass is 484 g/mol. The quantitative estimate of drug-likeness (QED) is 0.360. The van der Waals surface area contributed by atoms with E-state index in [1.54, 1.807) is 0 Å². The molecule has 32 heavy (non-hydrogen) atoms. The average molecular weight is 485 g/mol. The van der Waals surface area contributed by atoms with Gasteiger partial charge in [0.05, 0.1) is 11.4 Å². The Morgan fingerprint density at radius 3 is 1.44 bits per heavy atom. The molecular weight excluding hydrogens is 457 g/mol. The third kappa shape index (κ3) is 16.6. The number of carboxylic acids is 2. The molecule has 1 aromatic carbocycles. The van der Waals surface area contributed by atoms with Crippen LogP contribution in [0.2, 0.25) is 0 Å². The molecule has 0 amide bonds. The van der Waals surface area contributed by atoms with Gasteiger partial charge in [-0.2, -0.15) is 0 Å².